The summed E-state index contributed by atoms with van der Waals surface area (Å²) >= 11 is 0. The molecule has 8 rings (SSSR count). The summed E-state index contributed by atoms with van der Waals surface area (Å²) in [4.78, 5) is 5.19. The first-order valence-corrected chi connectivity index (χ1v) is 24.1. The Kier molecular flexibility index (Phi) is 8.93. The summed E-state index contributed by atoms with van der Waals surface area (Å²) in [6.45, 7) is 30.6. The summed E-state index contributed by atoms with van der Waals surface area (Å²) in [7, 11) is -1.68. The van der Waals surface area contributed by atoms with E-state index in [1.54, 1.807) is 0 Å². The Labute approximate surface area is 338 Å². The van der Waals surface area contributed by atoms with Gasteiger partial charge in [-0.3, -0.25) is 0 Å². The number of hydrogen-bond acceptors (Lipinski definition) is 2. The Morgan fingerprint density at radius 2 is 1.02 bits per heavy atom. The normalized spacial score (nSPS) is 14.1. The van der Waals surface area contributed by atoms with Gasteiger partial charge in [0, 0.05) is 34.0 Å². The summed E-state index contributed by atoms with van der Waals surface area (Å²) < 4.78 is 0. The lowest BCUT2D eigenvalue weighted by Gasteiger charge is -2.45. The van der Waals surface area contributed by atoms with Crippen LogP contribution in [0.4, 0.5) is 34.1 Å². The third kappa shape index (κ3) is 6.54. The van der Waals surface area contributed by atoms with Gasteiger partial charge in [0.15, 0.2) is 0 Å². The number of aryl methyl sites for hydroxylation is 1. The van der Waals surface area contributed by atoms with E-state index in [1.807, 2.05) is 0 Å². The Bertz CT molecular complexity index is 2470. The van der Waals surface area contributed by atoms with Gasteiger partial charge in [0.2, 0.25) is 0 Å². The van der Waals surface area contributed by atoms with E-state index >= 15 is 0 Å². The Morgan fingerprint density at radius 1 is 0.464 bits per heavy atom. The zero-order valence-corrected chi connectivity index (χ0v) is 37.0. The Balaban J connectivity index is 1.49. The van der Waals surface area contributed by atoms with Gasteiger partial charge in [0.25, 0.3) is 6.71 Å². The zero-order valence-electron chi connectivity index (χ0n) is 36.0. The fraction of sp³-hybridized carbons (Fsp3) is 0.308. The predicted octanol–water partition coefficient (Wildman–Crippen LogP) is 12.2. The van der Waals surface area contributed by atoms with E-state index in [-0.39, 0.29) is 23.0 Å². The molecule has 0 fully saturated rings. The van der Waals surface area contributed by atoms with Gasteiger partial charge in [-0.15, -0.1) is 0 Å². The minimum absolute atomic E-state index is 0.00914. The average Bonchev–Trinajstić information content (AvgIpc) is 3.13. The Morgan fingerprint density at radius 3 is 1.61 bits per heavy atom. The monoisotopic (exact) mass is 750 g/mol. The van der Waals surface area contributed by atoms with E-state index in [1.165, 1.54) is 89.1 Å². The van der Waals surface area contributed by atoms with E-state index in [0.717, 1.165) is 0 Å². The molecule has 0 bridgehead atoms. The van der Waals surface area contributed by atoms with Crippen LogP contribution in [0, 0.1) is 6.92 Å². The molecule has 0 spiro atoms. The number of anilines is 6. The highest BCUT2D eigenvalue weighted by atomic mass is 28.3. The minimum atomic E-state index is -1.68. The van der Waals surface area contributed by atoms with Crippen molar-refractivity contribution in [3.05, 3.63) is 144 Å². The van der Waals surface area contributed by atoms with Crippen LogP contribution in [-0.2, 0) is 16.2 Å². The molecule has 6 aromatic rings. The van der Waals surface area contributed by atoms with Crippen LogP contribution in [-0.4, -0.2) is 14.8 Å². The van der Waals surface area contributed by atoms with E-state index < -0.39 is 8.07 Å². The lowest BCUT2D eigenvalue weighted by Crippen LogP contribution is -2.62. The van der Waals surface area contributed by atoms with Gasteiger partial charge >= 0.3 is 0 Å². The van der Waals surface area contributed by atoms with Crippen molar-refractivity contribution in [2.24, 2.45) is 0 Å². The lowest BCUT2D eigenvalue weighted by atomic mass is 9.33. The van der Waals surface area contributed by atoms with Crippen LogP contribution < -0.4 is 31.4 Å². The van der Waals surface area contributed by atoms with Crippen molar-refractivity contribution >= 4 is 70.5 Å². The summed E-state index contributed by atoms with van der Waals surface area (Å²) in [5.74, 6) is 0. The SMILES string of the molecule is Cc1cc2c3c(c1)N(c1ccc(C(C)(C)C)cc1-c1ccccc1)c1cc([Si](C)(C)C)ccc1B3c1cc(C(C)(C)C)ccc1N2c1ccc(C(C)(C)C)cc1. The molecule has 56 heavy (non-hydrogen) atoms. The predicted molar refractivity (Wildman–Crippen MR) is 250 cm³/mol. The molecule has 0 unspecified atom stereocenters. The highest BCUT2D eigenvalue weighted by molar-refractivity contribution is 7.00. The molecule has 0 aliphatic carbocycles. The molecule has 0 N–H and O–H groups in total. The maximum Gasteiger partial charge on any atom is 0.252 e. The fourth-order valence-electron chi connectivity index (χ4n) is 8.76. The van der Waals surface area contributed by atoms with Crippen LogP contribution >= 0.6 is 0 Å². The number of fused-ring (bicyclic) bond motifs is 4. The number of benzene rings is 6. The summed E-state index contributed by atoms with van der Waals surface area (Å²) in [6, 6.07) is 47.3. The summed E-state index contributed by atoms with van der Waals surface area (Å²) in [6.07, 6.45) is 0. The maximum absolute atomic E-state index is 2.63. The molecule has 0 radical (unpaired) electrons. The molecule has 2 aliphatic heterocycles. The zero-order chi connectivity index (χ0) is 40.1. The second-order valence-electron chi connectivity index (χ2n) is 20.5. The highest BCUT2D eigenvalue weighted by Gasteiger charge is 2.44. The summed E-state index contributed by atoms with van der Waals surface area (Å²) in [5.41, 5.74) is 19.5. The molecular formula is C52H59BN2Si. The minimum Gasteiger partial charge on any atom is -0.311 e. The van der Waals surface area contributed by atoms with Crippen LogP contribution in [0.2, 0.25) is 19.6 Å². The largest absolute Gasteiger partial charge is 0.311 e. The number of rotatable bonds is 4. The molecule has 2 aliphatic rings. The van der Waals surface area contributed by atoms with Crippen LogP contribution in [0.3, 0.4) is 0 Å². The molecule has 4 heteroatoms. The van der Waals surface area contributed by atoms with Crippen molar-refractivity contribution in [1.29, 1.82) is 0 Å². The van der Waals surface area contributed by atoms with Crippen molar-refractivity contribution in [1.82, 2.24) is 0 Å². The van der Waals surface area contributed by atoms with Crippen molar-refractivity contribution in [2.45, 2.75) is 105 Å². The average molecular weight is 751 g/mol. The van der Waals surface area contributed by atoms with Crippen molar-refractivity contribution in [2.75, 3.05) is 9.80 Å². The first-order valence-electron chi connectivity index (χ1n) is 20.6. The smallest absolute Gasteiger partial charge is 0.252 e. The number of hydrogen-bond donors (Lipinski definition) is 0. The van der Waals surface area contributed by atoms with Gasteiger partial charge in [0.05, 0.1) is 13.8 Å². The van der Waals surface area contributed by atoms with E-state index in [0.29, 0.717) is 0 Å². The van der Waals surface area contributed by atoms with Crippen LogP contribution in [0.1, 0.15) is 84.6 Å². The third-order valence-corrected chi connectivity index (χ3v) is 14.2. The van der Waals surface area contributed by atoms with E-state index in [2.05, 4.69) is 220 Å². The molecule has 0 saturated heterocycles. The molecule has 0 saturated carbocycles. The second-order valence-corrected chi connectivity index (χ2v) is 25.6. The standard InChI is InChI=1S/C52H59BN2Si/c1-34-29-47-49-48(30-34)55(44-27-21-37(51(5,6)7)31-41(44)35-17-15-14-16-18-35)46-33-40(56(11,12)13)25-26-42(46)53(49)43-32-38(52(8,9)10)22-28-45(43)54(47)39-23-19-36(20-24-39)50(2,3)4/h14-33H,1-13H3. The quantitative estimate of drug-likeness (QED) is 0.165. The number of nitrogens with zero attached hydrogens (tertiary/aromatic N) is 2. The van der Waals surface area contributed by atoms with Crippen molar-refractivity contribution in [3.8, 4) is 11.1 Å². The van der Waals surface area contributed by atoms with Crippen LogP contribution in [0.25, 0.3) is 11.1 Å². The molecule has 0 amide bonds. The molecule has 6 aromatic carbocycles. The van der Waals surface area contributed by atoms with Crippen molar-refractivity contribution < 1.29 is 0 Å². The third-order valence-electron chi connectivity index (χ3n) is 12.1. The van der Waals surface area contributed by atoms with Gasteiger partial charge < -0.3 is 9.80 Å². The molecule has 0 aromatic heterocycles. The molecule has 0 atom stereocenters. The molecule has 284 valence electrons. The second kappa shape index (κ2) is 13.1. The van der Waals surface area contributed by atoms with E-state index in [9.17, 15) is 0 Å². The first-order chi connectivity index (χ1) is 26.2. The van der Waals surface area contributed by atoms with E-state index in [4.69, 9.17) is 0 Å². The fourth-order valence-corrected chi connectivity index (χ4v) is 9.92. The molecular weight excluding hydrogens is 691 g/mol. The highest BCUT2D eigenvalue weighted by Crippen LogP contribution is 2.48. The first kappa shape index (κ1) is 38.1. The maximum atomic E-state index is 2.63. The van der Waals surface area contributed by atoms with Crippen LogP contribution in [0.15, 0.2) is 121 Å². The molecule has 2 nitrogen and oxygen atoms in total. The van der Waals surface area contributed by atoms with Crippen molar-refractivity contribution in [3.63, 3.8) is 0 Å². The topological polar surface area (TPSA) is 6.48 Å². The van der Waals surface area contributed by atoms with Gasteiger partial charge in [-0.2, -0.15) is 0 Å². The van der Waals surface area contributed by atoms with Gasteiger partial charge in [0.1, 0.15) is 0 Å². The Hall–Kier alpha value is -4.80. The van der Waals surface area contributed by atoms with Gasteiger partial charge in [-0.25, -0.2) is 0 Å². The lowest BCUT2D eigenvalue weighted by molar-refractivity contribution is 0.590. The molecule has 2 heterocycles. The van der Waals surface area contributed by atoms with Crippen LogP contribution in [0.5, 0.6) is 0 Å². The van der Waals surface area contributed by atoms with Gasteiger partial charge in [-0.05, 0) is 116 Å². The van der Waals surface area contributed by atoms with Gasteiger partial charge in [-0.1, -0.05) is 160 Å². The summed E-state index contributed by atoms with van der Waals surface area (Å²) in [5, 5.41) is 1.48.